The van der Waals surface area contributed by atoms with Crippen LogP contribution in [-0.2, 0) is 0 Å². The number of piperidine rings is 1. The molecule has 0 aromatic heterocycles. The molecule has 0 radical (unpaired) electrons. The molecule has 5 heteroatoms. The Labute approximate surface area is 163 Å². The maximum atomic E-state index is 12.3. The predicted molar refractivity (Wildman–Crippen MR) is 107 cm³/mol. The van der Waals surface area contributed by atoms with Crippen molar-refractivity contribution in [3.63, 3.8) is 0 Å². The summed E-state index contributed by atoms with van der Waals surface area (Å²) in [5.74, 6) is -0.205. The van der Waals surface area contributed by atoms with Crippen molar-refractivity contribution < 1.29 is 4.79 Å². The van der Waals surface area contributed by atoms with Gasteiger partial charge in [-0.25, -0.2) is 0 Å². The van der Waals surface area contributed by atoms with Gasteiger partial charge >= 0.3 is 0 Å². The number of halogens is 3. The van der Waals surface area contributed by atoms with Crippen molar-refractivity contribution in [2.45, 2.75) is 19.3 Å². The molecule has 2 nitrogen and oxygen atoms in total. The van der Waals surface area contributed by atoms with Gasteiger partial charge in [-0.2, -0.15) is 0 Å². The standard InChI is InChI=1S/C20H18Cl3NO/c21-17-10-9-16(19(22)20(17)23)18(25)11-6-14-4-7-15(8-5-14)24-12-2-1-3-13-24/h4-11H,1-3,12-13H2/b11-6+. The normalized spacial score (nSPS) is 14.9. The maximum Gasteiger partial charge on any atom is 0.187 e. The number of allylic oxidation sites excluding steroid dienone is 1. The molecule has 1 saturated heterocycles. The van der Waals surface area contributed by atoms with Crippen LogP contribution in [0.2, 0.25) is 15.1 Å². The molecule has 1 fully saturated rings. The third-order valence-corrected chi connectivity index (χ3v) is 5.64. The fourth-order valence-corrected chi connectivity index (χ4v) is 3.55. The Bertz CT molecular complexity index is 793. The van der Waals surface area contributed by atoms with Crippen LogP contribution < -0.4 is 4.90 Å². The minimum atomic E-state index is -0.205. The van der Waals surface area contributed by atoms with Crippen LogP contribution >= 0.6 is 34.8 Å². The predicted octanol–water partition coefficient (Wildman–Crippen LogP) is 6.53. The first-order valence-electron chi connectivity index (χ1n) is 8.27. The van der Waals surface area contributed by atoms with E-state index in [1.807, 2.05) is 12.1 Å². The number of hydrogen-bond donors (Lipinski definition) is 0. The van der Waals surface area contributed by atoms with Gasteiger partial charge in [0.15, 0.2) is 5.78 Å². The number of rotatable bonds is 4. The molecule has 0 amide bonds. The topological polar surface area (TPSA) is 20.3 Å². The molecule has 0 bridgehead atoms. The van der Waals surface area contributed by atoms with E-state index in [9.17, 15) is 4.79 Å². The highest BCUT2D eigenvalue weighted by Crippen LogP contribution is 2.33. The zero-order chi connectivity index (χ0) is 17.8. The van der Waals surface area contributed by atoms with Crippen molar-refractivity contribution in [3.05, 3.63) is 68.7 Å². The lowest BCUT2D eigenvalue weighted by Gasteiger charge is -2.28. The molecule has 3 rings (SSSR count). The van der Waals surface area contributed by atoms with Gasteiger partial charge in [0, 0.05) is 24.3 Å². The molecule has 0 aliphatic carbocycles. The van der Waals surface area contributed by atoms with Crippen molar-refractivity contribution in [1.82, 2.24) is 0 Å². The third kappa shape index (κ3) is 4.38. The third-order valence-electron chi connectivity index (χ3n) is 4.34. The Morgan fingerprint density at radius 2 is 1.56 bits per heavy atom. The number of carbonyl (C=O) groups excluding carboxylic acids is 1. The van der Waals surface area contributed by atoms with Crippen LogP contribution in [0, 0.1) is 0 Å². The smallest absolute Gasteiger partial charge is 0.187 e. The van der Waals surface area contributed by atoms with E-state index in [0.717, 1.165) is 18.7 Å². The molecule has 2 aromatic rings. The van der Waals surface area contributed by atoms with Gasteiger partial charge in [-0.15, -0.1) is 0 Å². The lowest BCUT2D eigenvalue weighted by atomic mass is 10.1. The summed E-state index contributed by atoms with van der Waals surface area (Å²) in [5, 5.41) is 0.721. The van der Waals surface area contributed by atoms with Gasteiger partial charge < -0.3 is 4.90 Å². The highest BCUT2D eigenvalue weighted by Gasteiger charge is 2.13. The molecule has 0 N–H and O–H groups in total. The van der Waals surface area contributed by atoms with Crippen molar-refractivity contribution in [3.8, 4) is 0 Å². The minimum absolute atomic E-state index is 0.185. The minimum Gasteiger partial charge on any atom is -0.372 e. The second-order valence-corrected chi connectivity index (χ2v) is 7.22. The Morgan fingerprint density at radius 1 is 0.880 bits per heavy atom. The van der Waals surface area contributed by atoms with E-state index in [-0.39, 0.29) is 15.8 Å². The van der Waals surface area contributed by atoms with Gasteiger partial charge in [0.2, 0.25) is 0 Å². The first kappa shape index (κ1) is 18.3. The van der Waals surface area contributed by atoms with E-state index in [0.29, 0.717) is 10.6 Å². The molecular formula is C20H18Cl3NO. The Kier molecular flexibility index (Phi) is 6.06. The van der Waals surface area contributed by atoms with Crippen LogP contribution in [-0.4, -0.2) is 18.9 Å². The fraction of sp³-hybridized carbons (Fsp3) is 0.250. The second kappa shape index (κ2) is 8.27. The van der Waals surface area contributed by atoms with Crippen LogP contribution in [0.5, 0.6) is 0 Å². The molecular weight excluding hydrogens is 377 g/mol. The summed E-state index contributed by atoms with van der Waals surface area (Å²) >= 11 is 18.0. The lowest BCUT2D eigenvalue weighted by molar-refractivity contribution is 0.104. The molecule has 2 aromatic carbocycles. The van der Waals surface area contributed by atoms with E-state index < -0.39 is 0 Å². The molecule has 130 valence electrons. The number of nitrogens with zero attached hydrogens (tertiary/aromatic N) is 1. The monoisotopic (exact) mass is 393 g/mol. The first-order valence-corrected chi connectivity index (χ1v) is 9.40. The number of benzene rings is 2. The largest absolute Gasteiger partial charge is 0.372 e. The SMILES string of the molecule is O=C(/C=C/c1ccc(N2CCCCC2)cc1)c1ccc(Cl)c(Cl)c1Cl. The van der Waals surface area contributed by atoms with Gasteiger partial charge in [-0.05, 0) is 55.2 Å². The van der Waals surface area contributed by atoms with Gasteiger partial charge in [0.1, 0.15) is 0 Å². The summed E-state index contributed by atoms with van der Waals surface area (Å²) in [5.41, 5.74) is 2.54. The van der Waals surface area contributed by atoms with E-state index in [1.165, 1.54) is 31.0 Å². The summed E-state index contributed by atoms with van der Waals surface area (Å²) in [4.78, 5) is 14.7. The van der Waals surface area contributed by atoms with Crippen LogP contribution in [0.3, 0.4) is 0 Å². The number of carbonyl (C=O) groups is 1. The van der Waals surface area contributed by atoms with Crippen molar-refractivity contribution in [1.29, 1.82) is 0 Å². The summed E-state index contributed by atoms with van der Waals surface area (Å²) < 4.78 is 0. The zero-order valence-corrected chi connectivity index (χ0v) is 15.9. The molecule has 0 spiro atoms. The van der Waals surface area contributed by atoms with Crippen molar-refractivity contribution in [2.75, 3.05) is 18.0 Å². The van der Waals surface area contributed by atoms with E-state index in [1.54, 1.807) is 18.2 Å². The average molecular weight is 395 g/mol. The molecule has 1 heterocycles. The van der Waals surface area contributed by atoms with Gasteiger partial charge in [0.25, 0.3) is 0 Å². The van der Waals surface area contributed by atoms with Crippen LogP contribution in [0.15, 0.2) is 42.5 Å². The molecule has 25 heavy (non-hydrogen) atoms. The van der Waals surface area contributed by atoms with Gasteiger partial charge in [-0.1, -0.05) is 53.0 Å². The maximum absolute atomic E-state index is 12.3. The Hall–Kier alpha value is -1.48. The lowest BCUT2D eigenvalue weighted by Crippen LogP contribution is -2.29. The van der Waals surface area contributed by atoms with Crippen LogP contribution in [0.1, 0.15) is 35.2 Å². The molecule has 0 atom stereocenters. The van der Waals surface area contributed by atoms with E-state index in [4.69, 9.17) is 34.8 Å². The summed E-state index contributed by atoms with van der Waals surface area (Å²) in [6, 6.07) is 11.4. The van der Waals surface area contributed by atoms with Crippen molar-refractivity contribution in [2.24, 2.45) is 0 Å². The zero-order valence-electron chi connectivity index (χ0n) is 13.6. The summed E-state index contributed by atoms with van der Waals surface area (Å²) in [6.07, 6.45) is 7.10. The second-order valence-electron chi connectivity index (χ2n) is 6.06. The number of ketones is 1. The number of hydrogen-bond acceptors (Lipinski definition) is 2. The first-order chi connectivity index (χ1) is 12.1. The highest BCUT2D eigenvalue weighted by atomic mass is 35.5. The molecule has 0 unspecified atom stereocenters. The Balaban J connectivity index is 1.71. The quantitative estimate of drug-likeness (QED) is 0.333. The summed E-state index contributed by atoms with van der Waals surface area (Å²) in [6.45, 7) is 2.23. The molecule has 1 aliphatic heterocycles. The van der Waals surface area contributed by atoms with E-state index >= 15 is 0 Å². The highest BCUT2D eigenvalue weighted by molar-refractivity contribution is 6.49. The van der Waals surface area contributed by atoms with Gasteiger partial charge in [-0.3, -0.25) is 4.79 Å². The Morgan fingerprint density at radius 3 is 2.24 bits per heavy atom. The number of anilines is 1. The van der Waals surface area contributed by atoms with Crippen LogP contribution in [0.25, 0.3) is 6.08 Å². The molecule has 0 saturated carbocycles. The average Bonchev–Trinajstić information content (AvgIpc) is 2.65. The van der Waals surface area contributed by atoms with Crippen LogP contribution in [0.4, 0.5) is 5.69 Å². The van der Waals surface area contributed by atoms with E-state index in [2.05, 4.69) is 17.0 Å². The molecule has 1 aliphatic rings. The van der Waals surface area contributed by atoms with Gasteiger partial charge in [0.05, 0.1) is 15.1 Å². The fourth-order valence-electron chi connectivity index (χ4n) is 2.93. The van der Waals surface area contributed by atoms with Crippen molar-refractivity contribution >= 4 is 52.3 Å². The summed E-state index contributed by atoms with van der Waals surface area (Å²) in [7, 11) is 0.